The van der Waals surface area contributed by atoms with E-state index in [-0.39, 0.29) is 11.5 Å². The van der Waals surface area contributed by atoms with Crippen LogP contribution >= 0.6 is 0 Å². The third-order valence-electron chi connectivity index (χ3n) is 2.54. The van der Waals surface area contributed by atoms with E-state index in [1.165, 1.54) is 19.1 Å². The number of Topliss-reactive ketones (excluding diaryl/α,β-unsaturated/α-hetero) is 1. The lowest BCUT2D eigenvalue weighted by Gasteiger charge is -2.20. The summed E-state index contributed by atoms with van der Waals surface area (Å²) in [6.45, 7) is 4.26. The summed E-state index contributed by atoms with van der Waals surface area (Å²) in [4.78, 5) is 23.6. The van der Waals surface area contributed by atoms with Gasteiger partial charge in [-0.15, -0.1) is 0 Å². The molecule has 0 atom stereocenters. The van der Waals surface area contributed by atoms with Crippen LogP contribution in [0.4, 0.5) is 11.4 Å². The molecule has 0 radical (unpaired) electrons. The van der Waals surface area contributed by atoms with E-state index in [0.717, 1.165) is 18.7 Å². The maximum atomic E-state index is 11.5. The number of nitro benzene ring substituents is 1. The molecule has 17 heavy (non-hydrogen) atoms. The highest BCUT2D eigenvalue weighted by molar-refractivity contribution is 6.00. The molecule has 0 amide bonds. The second kappa shape index (κ2) is 5.43. The monoisotopic (exact) mass is 236 g/mol. The minimum atomic E-state index is -0.490. The summed E-state index contributed by atoms with van der Waals surface area (Å²) in [5.74, 6) is -0.161. The van der Waals surface area contributed by atoms with Crippen molar-refractivity contribution in [2.45, 2.75) is 20.3 Å². The van der Waals surface area contributed by atoms with Gasteiger partial charge in [-0.2, -0.15) is 0 Å². The van der Waals surface area contributed by atoms with Gasteiger partial charge >= 0.3 is 0 Å². The number of ketones is 1. The van der Waals surface area contributed by atoms with E-state index in [4.69, 9.17) is 0 Å². The molecule has 0 aromatic heterocycles. The molecular weight excluding hydrogens is 220 g/mol. The predicted molar refractivity (Wildman–Crippen MR) is 66.7 cm³/mol. The fraction of sp³-hybridized carbons (Fsp3) is 0.417. The Morgan fingerprint density at radius 3 is 2.59 bits per heavy atom. The summed E-state index contributed by atoms with van der Waals surface area (Å²) >= 11 is 0. The van der Waals surface area contributed by atoms with Gasteiger partial charge in [0.05, 0.1) is 4.92 Å². The van der Waals surface area contributed by atoms with E-state index in [2.05, 4.69) is 0 Å². The van der Waals surface area contributed by atoms with E-state index in [1.807, 2.05) is 18.9 Å². The van der Waals surface area contributed by atoms with E-state index < -0.39 is 4.92 Å². The van der Waals surface area contributed by atoms with Gasteiger partial charge in [0, 0.05) is 37.0 Å². The van der Waals surface area contributed by atoms with Crippen molar-refractivity contribution in [1.82, 2.24) is 0 Å². The molecule has 0 bridgehead atoms. The Kier molecular flexibility index (Phi) is 4.20. The maximum Gasteiger partial charge on any atom is 0.270 e. The minimum Gasteiger partial charge on any atom is -0.374 e. The lowest BCUT2D eigenvalue weighted by molar-refractivity contribution is -0.384. The largest absolute Gasteiger partial charge is 0.374 e. The van der Waals surface area contributed by atoms with Crippen molar-refractivity contribution in [3.8, 4) is 0 Å². The molecule has 0 saturated carbocycles. The topological polar surface area (TPSA) is 63.4 Å². The zero-order valence-corrected chi connectivity index (χ0v) is 10.3. The van der Waals surface area contributed by atoms with Gasteiger partial charge in [0.25, 0.3) is 5.69 Å². The molecule has 0 unspecified atom stereocenters. The first-order chi connectivity index (χ1) is 7.97. The zero-order valence-electron chi connectivity index (χ0n) is 10.3. The number of carbonyl (C=O) groups is 1. The zero-order chi connectivity index (χ0) is 13.0. The number of non-ortho nitro benzene ring substituents is 1. The number of anilines is 1. The predicted octanol–water partition coefficient (Wildman–Crippen LogP) is 2.64. The van der Waals surface area contributed by atoms with Crippen molar-refractivity contribution < 1.29 is 9.72 Å². The average Bonchev–Trinajstić information content (AvgIpc) is 2.28. The summed E-state index contributed by atoms with van der Waals surface area (Å²) in [7, 11) is 1.87. The second-order valence-electron chi connectivity index (χ2n) is 3.94. The van der Waals surface area contributed by atoms with Gasteiger partial charge < -0.3 is 4.90 Å². The van der Waals surface area contributed by atoms with E-state index in [1.54, 1.807) is 6.07 Å². The highest BCUT2D eigenvalue weighted by Gasteiger charge is 2.15. The number of hydrogen-bond donors (Lipinski definition) is 0. The molecule has 5 heteroatoms. The molecule has 1 aromatic rings. The Hall–Kier alpha value is -1.91. The van der Waals surface area contributed by atoms with Crippen LogP contribution < -0.4 is 4.90 Å². The SMILES string of the molecule is CCCN(C)c1ccc([N+](=O)[O-])cc1C(C)=O. The Bertz CT molecular complexity index is 443. The third-order valence-corrected chi connectivity index (χ3v) is 2.54. The van der Waals surface area contributed by atoms with Crippen molar-refractivity contribution in [3.63, 3.8) is 0 Å². The van der Waals surface area contributed by atoms with Gasteiger partial charge in [0.15, 0.2) is 5.78 Å². The first-order valence-corrected chi connectivity index (χ1v) is 5.48. The summed E-state index contributed by atoms with van der Waals surface area (Å²) in [6.07, 6.45) is 0.949. The van der Waals surface area contributed by atoms with Crippen LogP contribution in [0.1, 0.15) is 30.6 Å². The number of rotatable bonds is 5. The fourth-order valence-corrected chi connectivity index (χ4v) is 1.71. The van der Waals surface area contributed by atoms with Crippen molar-refractivity contribution in [2.24, 2.45) is 0 Å². The molecule has 0 aliphatic carbocycles. The fourth-order valence-electron chi connectivity index (χ4n) is 1.71. The Balaban J connectivity index is 3.22. The molecule has 1 rings (SSSR count). The van der Waals surface area contributed by atoms with Crippen molar-refractivity contribution >= 4 is 17.2 Å². The number of nitrogens with zero attached hydrogens (tertiary/aromatic N) is 2. The Morgan fingerprint density at radius 1 is 1.47 bits per heavy atom. The average molecular weight is 236 g/mol. The van der Waals surface area contributed by atoms with E-state index >= 15 is 0 Å². The number of hydrogen-bond acceptors (Lipinski definition) is 4. The van der Waals surface area contributed by atoms with Crippen LogP contribution in [-0.4, -0.2) is 24.3 Å². The molecule has 0 aliphatic rings. The molecule has 0 fully saturated rings. The summed E-state index contributed by atoms with van der Waals surface area (Å²) in [5, 5.41) is 10.7. The van der Waals surface area contributed by atoms with Crippen LogP contribution in [0.25, 0.3) is 0 Å². The van der Waals surface area contributed by atoms with E-state index in [9.17, 15) is 14.9 Å². The normalized spacial score (nSPS) is 10.1. The molecule has 1 aromatic carbocycles. The van der Waals surface area contributed by atoms with Crippen LogP contribution in [0.2, 0.25) is 0 Å². The van der Waals surface area contributed by atoms with Crippen LogP contribution in [0.5, 0.6) is 0 Å². The van der Waals surface area contributed by atoms with Gasteiger partial charge in [-0.1, -0.05) is 6.92 Å². The Morgan fingerprint density at radius 2 is 2.12 bits per heavy atom. The standard InChI is InChI=1S/C12H16N2O3/c1-4-7-13(3)12-6-5-10(14(16)17)8-11(12)9(2)15/h5-6,8H,4,7H2,1-3H3. The minimum absolute atomic E-state index is 0.0520. The smallest absolute Gasteiger partial charge is 0.270 e. The van der Waals surface area contributed by atoms with Crippen LogP contribution in [-0.2, 0) is 0 Å². The first-order valence-electron chi connectivity index (χ1n) is 5.48. The van der Waals surface area contributed by atoms with Crippen LogP contribution in [0.3, 0.4) is 0 Å². The van der Waals surface area contributed by atoms with Crippen molar-refractivity contribution in [1.29, 1.82) is 0 Å². The molecule has 0 aliphatic heterocycles. The summed E-state index contributed by atoms with van der Waals surface area (Å²) in [6, 6.07) is 4.39. The molecule has 0 heterocycles. The van der Waals surface area contributed by atoms with Crippen LogP contribution in [0, 0.1) is 10.1 Å². The Labute approximate surface area is 100 Å². The van der Waals surface area contributed by atoms with Gasteiger partial charge in [0.1, 0.15) is 0 Å². The lowest BCUT2D eigenvalue weighted by atomic mass is 10.1. The quantitative estimate of drug-likeness (QED) is 0.448. The number of benzene rings is 1. The summed E-state index contributed by atoms with van der Waals surface area (Å²) < 4.78 is 0. The molecule has 92 valence electrons. The molecule has 5 nitrogen and oxygen atoms in total. The van der Waals surface area contributed by atoms with Gasteiger partial charge in [-0.05, 0) is 19.4 Å². The van der Waals surface area contributed by atoms with Crippen molar-refractivity contribution in [2.75, 3.05) is 18.5 Å². The number of nitro groups is 1. The summed E-state index contributed by atoms with van der Waals surface area (Å²) in [5.41, 5.74) is 1.09. The third kappa shape index (κ3) is 3.03. The van der Waals surface area contributed by atoms with Gasteiger partial charge in [0.2, 0.25) is 0 Å². The second-order valence-corrected chi connectivity index (χ2v) is 3.94. The lowest BCUT2D eigenvalue weighted by Crippen LogP contribution is -2.20. The number of carbonyl (C=O) groups excluding carboxylic acids is 1. The van der Waals surface area contributed by atoms with Gasteiger partial charge in [-0.3, -0.25) is 14.9 Å². The highest BCUT2D eigenvalue weighted by atomic mass is 16.6. The molecule has 0 spiro atoms. The molecular formula is C12H16N2O3. The maximum absolute atomic E-state index is 11.5. The first kappa shape index (κ1) is 13.2. The van der Waals surface area contributed by atoms with Gasteiger partial charge in [-0.25, -0.2) is 0 Å². The molecule has 0 N–H and O–H groups in total. The molecule has 0 saturated heterocycles. The highest BCUT2D eigenvalue weighted by Crippen LogP contribution is 2.25. The van der Waals surface area contributed by atoms with Crippen LogP contribution in [0.15, 0.2) is 18.2 Å². The van der Waals surface area contributed by atoms with Crippen molar-refractivity contribution in [3.05, 3.63) is 33.9 Å². The van der Waals surface area contributed by atoms with E-state index in [0.29, 0.717) is 5.56 Å².